The summed E-state index contributed by atoms with van der Waals surface area (Å²) in [7, 11) is -1.56. The van der Waals surface area contributed by atoms with Gasteiger partial charge in [-0.15, -0.1) is 0 Å². The van der Waals surface area contributed by atoms with E-state index in [0.717, 1.165) is 18.5 Å². The lowest BCUT2D eigenvalue weighted by Crippen LogP contribution is -2.40. The molecule has 1 unspecified atom stereocenters. The van der Waals surface area contributed by atoms with E-state index >= 15 is 0 Å². The Balaban J connectivity index is 2.54. The van der Waals surface area contributed by atoms with E-state index in [9.17, 15) is 8.42 Å². The molecule has 108 valence electrons. The zero-order valence-corrected chi connectivity index (χ0v) is 12.8. The van der Waals surface area contributed by atoms with Crippen molar-refractivity contribution in [1.29, 1.82) is 0 Å². The van der Waals surface area contributed by atoms with Crippen LogP contribution in [0.4, 0.5) is 0 Å². The molecule has 0 spiro atoms. The topological polar surface area (TPSA) is 49.4 Å². The van der Waals surface area contributed by atoms with Crippen molar-refractivity contribution in [3.8, 4) is 0 Å². The van der Waals surface area contributed by atoms with Gasteiger partial charge in [0.05, 0.1) is 5.25 Å². The van der Waals surface area contributed by atoms with Crippen LogP contribution in [0.25, 0.3) is 0 Å². The van der Waals surface area contributed by atoms with Gasteiger partial charge in [0.2, 0.25) is 10.0 Å². The third kappa shape index (κ3) is 4.93. The molecule has 0 amide bonds. The second-order valence-corrected chi connectivity index (χ2v) is 7.18. The fraction of sp³-hybridized carbons (Fsp3) is 0.571. The van der Waals surface area contributed by atoms with Gasteiger partial charge in [-0.2, -0.15) is 0 Å². The summed E-state index contributed by atoms with van der Waals surface area (Å²) in [6.07, 6.45) is 0.741. The van der Waals surface area contributed by atoms with Crippen molar-refractivity contribution in [2.75, 3.05) is 26.7 Å². The first-order chi connectivity index (χ1) is 8.98. The Hall–Kier alpha value is -0.910. The molecule has 0 aliphatic heterocycles. The maximum atomic E-state index is 12.2. The van der Waals surface area contributed by atoms with Crippen molar-refractivity contribution >= 4 is 10.0 Å². The summed E-state index contributed by atoms with van der Waals surface area (Å²) in [5, 5.41) is 2.68. The molecular weight excluding hydrogens is 260 g/mol. The lowest BCUT2D eigenvalue weighted by molar-refractivity contribution is 0.460. The molecule has 4 nitrogen and oxygen atoms in total. The highest BCUT2D eigenvalue weighted by Gasteiger charge is 2.24. The molecule has 0 radical (unpaired) electrons. The smallest absolute Gasteiger partial charge is 0.217 e. The van der Waals surface area contributed by atoms with Crippen molar-refractivity contribution in [1.82, 2.24) is 9.62 Å². The third-order valence-electron chi connectivity index (χ3n) is 3.18. The van der Waals surface area contributed by atoms with Crippen LogP contribution < -0.4 is 5.32 Å². The quantitative estimate of drug-likeness (QED) is 0.787. The molecule has 1 aromatic carbocycles. The van der Waals surface area contributed by atoms with E-state index < -0.39 is 15.3 Å². The molecule has 0 saturated carbocycles. The molecule has 1 atom stereocenters. The first kappa shape index (κ1) is 16.1. The lowest BCUT2D eigenvalue weighted by Gasteiger charge is -2.22. The van der Waals surface area contributed by atoms with Crippen LogP contribution in [-0.2, 0) is 16.4 Å². The van der Waals surface area contributed by atoms with E-state index in [1.54, 1.807) is 14.0 Å². The predicted molar refractivity (Wildman–Crippen MR) is 79.7 cm³/mol. The van der Waals surface area contributed by atoms with Crippen LogP contribution in [0.3, 0.4) is 0 Å². The zero-order chi connectivity index (χ0) is 14.3. The van der Waals surface area contributed by atoms with Crippen LogP contribution in [0.2, 0.25) is 0 Å². The van der Waals surface area contributed by atoms with Gasteiger partial charge in [-0.3, -0.25) is 0 Å². The monoisotopic (exact) mass is 284 g/mol. The third-order valence-corrected chi connectivity index (χ3v) is 5.42. The Kier molecular flexibility index (Phi) is 6.48. The van der Waals surface area contributed by atoms with Gasteiger partial charge in [0.25, 0.3) is 0 Å². The van der Waals surface area contributed by atoms with Gasteiger partial charge in [-0.05, 0) is 25.5 Å². The highest BCUT2D eigenvalue weighted by Crippen LogP contribution is 2.08. The van der Waals surface area contributed by atoms with E-state index in [2.05, 4.69) is 5.32 Å². The molecule has 0 heterocycles. The van der Waals surface area contributed by atoms with Crippen LogP contribution in [0.1, 0.15) is 19.4 Å². The lowest BCUT2D eigenvalue weighted by atomic mass is 10.2. The minimum absolute atomic E-state index is 0.395. The Labute approximate surface area is 116 Å². The standard InChI is InChI=1S/C14H24N2O2S/c1-4-15-12-13(2)19(17,18)16(3)11-10-14-8-6-5-7-9-14/h5-9,13,15H,4,10-12H2,1-3H3. The van der Waals surface area contributed by atoms with Gasteiger partial charge in [0.1, 0.15) is 0 Å². The van der Waals surface area contributed by atoms with Crippen molar-refractivity contribution in [3.05, 3.63) is 35.9 Å². The summed E-state index contributed by atoms with van der Waals surface area (Å²) < 4.78 is 25.9. The molecule has 19 heavy (non-hydrogen) atoms. The summed E-state index contributed by atoms with van der Waals surface area (Å²) in [5.41, 5.74) is 1.16. The number of benzene rings is 1. The fourth-order valence-electron chi connectivity index (χ4n) is 1.82. The first-order valence-corrected chi connectivity index (χ1v) is 8.18. The largest absolute Gasteiger partial charge is 0.316 e. The highest BCUT2D eigenvalue weighted by molar-refractivity contribution is 7.89. The Morgan fingerprint density at radius 3 is 2.47 bits per heavy atom. The number of hydrogen-bond acceptors (Lipinski definition) is 3. The molecule has 1 rings (SSSR count). The van der Waals surface area contributed by atoms with Crippen molar-refractivity contribution in [2.24, 2.45) is 0 Å². The van der Waals surface area contributed by atoms with Crippen LogP contribution in [-0.4, -0.2) is 44.7 Å². The normalized spacial score (nSPS) is 13.7. The molecule has 0 aliphatic carbocycles. The van der Waals surface area contributed by atoms with Gasteiger partial charge in [-0.1, -0.05) is 37.3 Å². The fourth-order valence-corrected chi connectivity index (χ4v) is 3.11. The summed E-state index contributed by atoms with van der Waals surface area (Å²) in [6, 6.07) is 9.93. The highest BCUT2D eigenvalue weighted by atomic mass is 32.2. The number of hydrogen-bond donors (Lipinski definition) is 1. The molecule has 1 aromatic rings. The molecule has 0 bridgehead atoms. The second kappa shape index (κ2) is 7.62. The van der Waals surface area contributed by atoms with E-state index in [1.807, 2.05) is 37.3 Å². The molecule has 0 aromatic heterocycles. The van der Waals surface area contributed by atoms with E-state index in [4.69, 9.17) is 0 Å². The summed E-state index contributed by atoms with van der Waals surface area (Å²) >= 11 is 0. The number of rotatable bonds is 8. The minimum atomic E-state index is -3.21. The van der Waals surface area contributed by atoms with Crippen LogP contribution in [0.5, 0.6) is 0 Å². The molecule has 0 aliphatic rings. The number of likely N-dealkylation sites (N-methyl/N-ethyl adjacent to an activating group) is 1. The van der Waals surface area contributed by atoms with Crippen molar-refractivity contribution in [2.45, 2.75) is 25.5 Å². The summed E-state index contributed by atoms with van der Waals surface area (Å²) in [6.45, 7) is 5.51. The average Bonchev–Trinajstić information content (AvgIpc) is 2.42. The SMILES string of the molecule is CCNCC(C)S(=O)(=O)N(C)CCc1ccccc1. The minimum Gasteiger partial charge on any atom is -0.316 e. The summed E-state index contributed by atoms with van der Waals surface area (Å²) in [5.74, 6) is 0. The maximum Gasteiger partial charge on any atom is 0.217 e. The van der Waals surface area contributed by atoms with Crippen LogP contribution >= 0.6 is 0 Å². The van der Waals surface area contributed by atoms with Gasteiger partial charge in [0, 0.05) is 20.1 Å². The molecule has 0 saturated heterocycles. The number of nitrogens with one attached hydrogen (secondary N) is 1. The number of nitrogens with zero attached hydrogens (tertiary/aromatic N) is 1. The van der Waals surface area contributed by atoms with Crippen molar-refractivity contribution in [3.63, 3.8) is 0 Å². The molecule has 0 fully saturated rings. The van der Waals surface area contributed by atoms with Gasteiger partial charge >= 0.3 is 0 Å². The van der Waals surface area contributed by atoms with Crippen LogP contribution in [0.15, 0.2) is 30.3 Å². The van der Waals surface area contributed by atoms with Gasteiger partial charge in [-0.25, -0.2) is 12.7 Å². The number of sulfonamides is 1. The maximum absolute atomic E-state index is 12.2. The summed E-state index contributed by atoms with van der Waals surface area (Å²) in [4.78, 5) is 0. The predicted octanol–water partition coefficient (Wildman–Crippen LogP) is 1.49. The zero-order valence-electron chi connectivity index (χ0n) is 12.0. The molecular formula is C14H24N2O2S. The van der Waals surface area contributed by atoms with Crippen molar-refractivity contribution < 1.29 is 8.42 Å². The van der Waals surface area contributed by atoms with E-state index in [0.29, 0.717) is 13.1 Å². The van der Waals surface area contributed by atoms with Gasteiger partial charge < -0.3 is 5.32 Å². The Morgan fingerprint density at radius 2 is 1.89 bits per heavy atom. The average molecular weight is 284 g/mol. The second-order valence-electron chi connectivity index (χ2n) is 4.72. The first-order valence-electron chi connectivity index (χ1n) is 6.68. The molecule has 5 heteroatoms. The van der Waals surface area contributed by atoms with Gasteiger partial charge in [0.15, 0.2) is 0 Å². The van der Waals surface area contributed by atoms with E-state index in [1.165, 1.54) is 4.31 Å². The Morgan fingerprint density at radius 1 is 1.26 bits per heavy atom. The van der Waals surface area contributed by atoms with Crippen LogP contribution in [0, 0.1) is 0 Å². The molecule has 1 N–H and O–H groups in total. The van der Waals surface area contributed by atoms with E-state index in [-0.39, 0.29) is 0 Å². The Bertz CT molecular complexity index is 460.